The Kier molecular flexibility index (Phi) is 2.66. The molecule has 0 N–H and O–H groups in total. The van der Waals surface area contributed by atoms with Crippen molar-refractivity contribution in [2.45, 2.75) is 0 Å². The van der Waals surface area contributed by atoms with Crippen LogP contribution in [0.15, 0.2) is 11.1 Å². The average molecular weight is 198 g/mol. The van der Waals surface area contributed by atoms with Gasteiger partial charge in [0.25, 0.3) is 0 Å². The highest BCUT2D eigenvalue weighted by molar-refractivity contribution is 9.12. The summed E-state index contributed by atoms with van der Waals surface area (Å²) < 4.78 is 0.402. The average Bonchev–Trinajstić information content (AvgIpc) is 2.36. The summed E-state index contributed by atoms with van der Waals surface area (Å²) in [5, 5.41) is 0. The summed E-state index contributed by atoms with van der Waals surface area (Å²) in [6.45, 7) is 3.48. The molecule has 51 valence electrons. The fourth-order valence-electron chi connectivity index (χ4n) is 0.682. The standard InChI is InChI=1S/C8H6BrO/c1-6(9)8(10)7-4-2-3-5-7/h2-5H,1H2. The molecule has 0 aromatic heterocycles. The van der Waals surface area contributed by atoms with Gasteiger partial charge in [-0.25, -0.2) is 0 Å². The van der Waals surface area contributed by atoms with Gasteiger partial charge >= 0.3 is 0 Å². The minimum absolute atomic E-state index is 0.0509. The highest BCUT2D eigenvalue weighted by Gasteiger charge is 2.24. The van der Waals surface area contributed by atoms with E-state index in [9.17, 15) is 4.79 Å². The second kappa shape index (κ2) is 3.33. The van der Waals surface area contributed by atoms with Crippen LogP contribution in [0.2, 0.25) is 0 Å². The molecular formula is C8H6BrO. The Morgan fingerprint density at radius 1 is 1.40 bits per heavy atom. The number of ketones is 1. The summed E-state index contributed by atoms with van der Waals surface area (Å²) in [4.78, 5) is 11.1. The van der Waals surface area contributed by atoms with Crippen LogP contribution in [0, 0.1) is 31.6 Å². The fourth-order valence-corrected chi connectivity index (χ4v) is 0.911. The maximum Gasteiger partial charge on any atom is 0.176 e. The van der Waals surface area contributed by atoms with Gasteiger partial charge in [-0.3, -0.25) is 4.79 Å². The molecule has 1 aliphatic carbocycles. The van der Waals surface area contributed by atoms with Crippen molar-refractivity contribution in [2.24, 2.45) is 0 Å². The zero-order chi connectivity index (χ0) is 7.56. The lowest BCUT2D eigenvalue weighted by Crippen LogP contribution is -2.07. The number of hydrogen-bond acceptors (Lipinski definition) is 1. The molecule has 1 fully saturated rings. The van der Waals surface area contributed by atoms with E-state index in [1.807, 2.05) is 12.8 Å². The van der Waals surface area contributed by atoms with E-state index in [4.69, 9.17) is 0 Å². The van der Waals surface area contributed by atoms with Crippen LogP contribution in [0.3, 0.4) is 0 Å². The molecule has 1 saturated carbocycles. The van der Waals surface area contributed by atoms with Crippen molar-refractivity contribution >= 4 is 21.7 Å². The summed E-state index contributed by atoms with van der Waals surface area (Å²) in [5.41, 5.74) is 0. The van der Waals surface area contributed by atoms with Gasteiger partial charge < -0.3 is 0 Å². The molecule has 0 aromatic rings. The lowest BCUT2D eigenvalue weighted by Gasteiger charge is -2.02. The van der Waals surface area contributed by atoms with Crippen LogP contribution >= 0.6 is 15.9 Å². The van der Waals surface area contributed by atoms with Crippen LogP contribution in [0.25, 0.3) is 0 Å². The van der Waals surface area contributed by atoms with Gasteiger partial charge in [-0.1, -0.05) is 6.58 Å². The molecule has 1 nitrogen and oxygen atoms in total. The minimum atomic E-state index is -0.0509. The molecule has 1 rings (SSSR count). The summed E-state index contributed by atoms with van der Waals surface area (Å²) in [6.07, 6.45) is 7.16. The number of carbonyl (C=O) groups is 1. The first-order valence-corrected chi connectivity index (χ1v) is 3.62. The SMILES string of the molecule is C=C(Br)C(=O)[C]1[CH][CH][CH][CH]1. The molecule has 0 saturated heterocycles. The number of hydrogen-bond donors (Lipinski definition) is 0. The maximum atomic E-state index is 11.1. The molecule has 0 spiro atoms. The van der Waals surface area contributed by atoms with Gasteiger partial charge in [-0.15, -0.1) is 0 Å². The van der Waals surface area contributed by atoms with Gasteiger partial charge in [0.1, 0.15) is 0 Å². The van der Waals surface area contributed by atoms with Gasteiger partial charge in [0.05, 0.1) is 10.4 Å². The Morgan fingerprint density at radius 3 is 2.30 bits per heavy atom. The third kappa shape index (κ3) is 1.69. The summed E-state index contributed by atoms with van der Waals surface area (Å²) in [6, 6.07) is 0. The number of Topliss-reactive ketones (excluding diaryl/α,β-unsaturated/α-hetero) is 1. The zero-order valence-electron chi connectivity index (χ0n) is 5.30. The molecule has 0 aromatic carbocycles. The topological polar surface area (TPSA) is 17.1 Å². The predicted molar refractivity (Wildman–Crippen MR) is 43.5 cm³/mol. The normalized spacial score (nSPS) is 19.3. The first-order chi connectivity index (χ1) is 4.72. The molecule has 10 heavy (non-hydrogen) atoms. The molecule has 0 aliphatic heterocycles. The highest BCUT2D eigenvalue weighted by atomic mass is 79.9. The number of halogens is 1. The molecule has 5 radical (unpaired) electrons. The quantitative estimate of drug-likeness (QED) is 0.619. The first-order valence-electron chi connectivity index (χ1n) is 2.82. The van der Waals surface area contributed by atoms with E-state index in [2.05, 4.69) is 22.5 Å². The molecule has 1 aliphatic rings. The molecule has 0 unspecified atom stereocenters. The van der Waals surface area contributed by atoms with Gasteiger partial charge in [0.2, 0.25) is 0 Å². The van der Waals surface area contributed by atoms with E-state index >= 15 is 0 Å². The molecule has 0 atom stereocenters. The van der Waals surface area contributed by atoms with Crippen molar-refractivity contribution in [3.05, 3.63) is 42.7 Å². The molecule has 0 heterocycles. The van der Waals surface area contributed by atoms with Crippen LogP contribution in [0.1, 0.15) is 0 Å². The highest BCUT2D eigenvalue weighted by Crippen LogP contribution is 2.27. The maximum absolute atomic E-state index is 11.1. The third-order valence-corrected chi connectivity index (χ3v) is 1.53. The second-order valence-corrected chi connectivity index (χ2v) is 2.86. The lowest BCUT2D eigenvalue weighted by atomic mass is 10.0. The van der Waals surface area contributed by atoms with E-state index in [-0.39, 0.29) is 5.78 Å². The van der Waals surface area contributed by atoms with Gasteiger partial charge in [-0.05, 0) is 41.6 Å². The fraction of sp³-hybridized carbons (Fsp3) is 0. The molecule has 2 heteroatoms. The van der Waals surface area contributed by atoms with E-state index < -0.39 is 0 Å². The van der Waals surface area contributed by atoms with Gasteiger partial charge in [0.15, 0.2) is 5.78 Å². The summed E-state index contributed by atoms with van der Waals surface area (Å²) in [5.74, 6) is 0.631. The molecule has 0 bridgehead atoms. The number of carbonyl (C=O) groups excluding carboxylic acids is 1. The van der Waals surface area contributed by atoms with Crippen molar-refractivity contribution in [1.29, 1.82) is 0 Å². The Labute approximate surface area is 69.6 Å². The smallest absolute Gasteiger partial charge is 0.176 e. The van der Waals surface area contributed by atoms with E-state index in [0.717, 1.165) is 0 Å². The Morgan fingerprint density at radius 2 is 1.90 bits per heavy atom. The van der Waals surface area contributed by atoms with Crippen molar-refractivity contribution < 1.29 is 4.79 Å². The molecule has 0 amide bonds. The summed E-state index contributed by atoms with van der Waals surface area (Å²) >= 11 is 3.02. The van der Waals surface area contributed by atoms with Crippen LogP contribution in [0.4, 0.5) is 0 Å². The Hall–Kier alpha value is -0.110. The van der Waals surface area contributed by atoms with Crippen LogP contribution in [-0.4, -0.2) is 5.78 Å². The largest absolute Gasteiger partial charge is 0.293 e. The predicted octanol–water partition coefficient (Wildman–Crippen LogP) is 1.87. The van der Waals surface area contributed by atoms with Crippen LogP contribution in [-0.2, 0) is 4.79 Å². The second-order valence-electron chi connectivity index (χ2n) is 1.91. The van der Waals surface area contributed by atoms with E-state index in [1.54, 1.807) is 12.8 Å². The number of rotatable bonds is 2. The van der Waals surface area contributed by atoms with Crippen molar-refractivity contribution in [3.63, 3.8) is 0 Å². The van der Waals surface area contributed by atoms with Gasteiger partial charge in [0, 0.05) is 0 Å². The monoisotopic (exact) mass is 197 g/mol. The number of allylic oxidation sites excluding steroid dienone is 1. The summed E-state index contributed by atoms with van der Waals surface area (Å²) in [7, 11) is 0. The Balaban J connectivity index is 2.48. The van der Waals surface area contributed by atoms with Crippen LogP contribution in [0.5, 0.6) is 0 Å². The van der Waals surface area contributed by atoms with E-state index in [0.29, 0.717) is 10.4 Å². The Bertz CT molecular complexity index is 157. The zero-order valence-corrected chi connectivity index (χ0v) is 6.89. The van der Waals surface area contributed by atoms with Crippen LogP contribution < -0.4 is 0 Å². The van der Waals surface area contributed by atoms with Crippen molar-refractivity contribution in [2.75, 3.05) is 0 Å². The third-order valence-electron chi connectivity index (χ3n) is 1.17. The van der Waals surface area contributed by atoms with Crippen molar-refractivity contribution in [1.82, 2.24) is 0 Å². The van der Waals surface area contributed by atoms with E-state index in [1.165, 1.54) is 0 Å². The lowest BCUT2D eigenvalue weighted by molar-refractivity contribution is -0.112. The minimum Gasteiger partial charge on any atom is -0.293 e. The van der Waals surface area contributed by atoms with Gasteiger partial charge in [-0.2, -0.15) is 0 Å². The molecular weight excluding hydrogens is 192 g/mol. The first kappa shape index (κ1) is 7.99. The van der Waals surface area contributed by atoms with Crippen molar-refractivity contribution in [3.8, 4) is 0 Å².